The van der Waals surface area contributed by atoms with E-state index in [0.29, 0.717) is 4.90 Å². The van der Waals surface area contributed by atoms with Crippen molar-refractivity contribution in [3.8, 4) is 0 Å². The van der Waals surface area contributed by atoms with Gasteiger partial charge in [0.25, 0.3) is 0 Å². The normalized spacial score (nSPS) is 25.3. The van der Waals surface area contributed by atoms with E-state index < -0.39 is 11.7 Å². The largest absolute Gasteiger partial charge is 0.416 e. The Hall–Kier alpha value is -1.95. The number of fused-ring (bicyclic) bond motifs is 4. The molecule has 1 aromatic rings. The molecule has 1 aromatic carbocycles. The van der Waals surface area contributed by atoms with E-state index in [1.807, 2.05) is 6.08 Å². The lowest BCUT2D eigenvalue weighted by Gasteiger charge is -2.36. The van der Waals surface area contributed by atoms with Gasteiger partial charge in [-0.1, -0.05) is 25.1 Å². The molecule has 0 fully saturated rings. The molecule has 2 aliphatic heterocycles. The van der Waals surface area contributed by atoms with Crippen molar-refractivity contribution in [2.45, 2.75) is 24.4 Å². The van der Waals surface area contributed by atoms with Crippen molar-refractivity contribution in [2.24, 2.45) is 10.4 Å². The molecule has 2 heterocycles. The number of hydrogen-bond donors (Lipinski definition) is 1. The second-order valence-electron chi connectivity index (χ2n) is 6.01. The van der Waals surface area contributed by atoms with Crippen molar-refractivity contribution < 1.29 is 13.2 Å². The number of dihydropyridines is 1. The van der Waals surface area contributed by atoms with E-state index in [-0.39, 0.29) is 5.41 Å². The monoisotopic (exact) mass is 334 g/mol. The molecule has 1 aliphatic carbocycles. The van der Waals surface area contributed by atoms with Crippen molar-refractivity contribution in [1.29, 1.82) is 0 Å². The molecule has 4 rings (SSSR count). The summed E-state index contributed by atoms with van der Waals surface area (Å²) in [6.07, 6.45) is 4.34. The predicted octanol–water partition coefficient (Wildman–Crippen LogP) is 4.96. The number of allylic oxidation sites excluding steroid dienone is 4. The van der Waals surface area contributed by atoms with E-state index in [0.717, 1.165) is 35.0 Å². The van der Waals surface area contributed by atoms with Crippen LogP contribution in [0.5, 0.6) is 0 Å². The molecule has 3 aliphatic rings. The summed E-state index contributed by atoms with van der Waals surface area (Å²) in [4.78, 5) is 5.10. The van der Waals surface area contributed by atoms with Crippen LogP contribution in [0.1, 0.15) is 24.5 Å². The van der Waals surface area contributed by atoms with Crippen LogP contribution in [-0.2, 0) is 6.18 Å². The number of aliphatic imine (C=N–C) groups is 1. The Morgan fingerprint density at radius 3 is 2.91 bits per heavy atom. The van der Waals surface area contributed by atoms with Gasteiger partial charge >= 0.3 is 6.18 Å². The summed E-state index contributed by atoms with van der Waals surface area (Å²) in [6, 6.07) is 3.91. The molecule has 0 aromatic heterocycles. The predicted molar refractivity (Wildman–Crippen MR) is 85.8 cm³/mol. The maximum Gasteiger partial charge on any atom is 0.416 e. The number of hydrogen-bond acceptors (Lipinski definition) is 3. The first kappa shape index (κ1) is 14.6. The van der Waals surface area contributed by atoms with Crippen LogP contribution in [0, 0.1) is 5.41 Å². The average Bonchev–Trinajstić information content (AvgIpc) is 2.52. The first-order valence-electron chi connectivity index (χ1n) is 7.20. The molecule has 0 spiro atoms. The van der Waals surface area contributed by atoms with E-state index in [4.69, 9.17) is 0 Å². The quantitative estimate of drug-likeness (QED) is 0.678. The summed E-state index contributed by atoms with van der Waals surface area (Å²) in [6.45, 7) is 2.12. The van der Waals surface area contributed by atoms with E-state index in [1.165, 1.54) is 18.0 Å². The summed E-state index contributed by atoms with van der Waals surface area (Å²) in [5.74, 6) is 0. The van der Waals surface area contributed by atoms with Crippen LogP contribution in [0.25, 0.3) is 5.57 Å². The van der Waals surface area contributed by atoms with Gasteiger partial charge in [-0.15, -0.1) is 0 Å². The van der Waals surface area contributed by atoms with Crippen LogP contribution < -0.4 is 4.72 Å². The molecule has 0 radical (unpaired) electrons. The van der Waals surface area contributed by atoms with Crippen molar-refractivity contribution in [3.63, 3.8) is 0 Å². The van der Waals surface area contributed by atoms with Gasteiger partial charge in [-0.3, -0.25) is 4.99 Å². The van der Waals surface area contributed by atoms with Gasteiger partial charge in [0.05, 0.1) is 17.0 Å². The third kappa shape index (κ3) is 2.24. The van der Waals surface area contributed by atoms with Crippen LogP contribution in [0.2, 0.25) is 0 Å². The van der Waals surface area contributed by atoms with E-state index >= 15 is 0 Å². The maximum atomic E-state index is 12.9. The van der Waals surface area contributed by atoms with Gasteiger partial charge in [-0.2, -0.15) is 13.2 Å². The number of nitrogens with one attached hydrogen (secondary N) is 1. The average molecular weight is 334 g/mol. The Kier molecular flexibility index (Phi) is 3.04. The lowest BCUT2D eigenvalue weighted by Crippen LogP contribution is -2.28. The molecule has 0 saturated carbocycles. The lowest BCUT2D eigenvalue weighted by molar-refractivity contribution is -0.137. The van der Waals surface area contributed by atoms with E-state index in [2.05, 4.69) is 28.8 Å². The topological polar surface area (TPSA) is 24.4 Å². The van der Waals surface area contributed by atoms with Gasteiger partial charge in [0.15, 0.2) is 0 Å². The fourth-order valence-corrected chi connectivity index (χ4v) is 4.01. The van der Waals surface area contributed by atoms with E-state index in [9.17, 15) is 13.2 Å². The van der Waals surface area contributed by atoms with Gasteiger partial charge in [-0.05, 0) is 42.1 Å². The van der Waals surface area contributed by atoms with Crippen LogP contribution in [0.15, 0.2) is 57.7 Å². The third-order valence-electron chi connectivity index (χ3n) is 4.39. The zero-order valence-electron chi connectivity index (χ0n) is 12.2. The summed E-state index contributed by atoms with van der Waals surface area (Å²) in [5.41, 5.74) is 2.82. The fourth-order valence-electron chi connectivity index (χ4n) is 3.12. The highest BCUT2D eigenvalue weighted by atomic mass is 32.2. The molecule has 0 saturated heterocycles. The summed E-state index contributed by atoms with van der Waals surface area (Å²) in [7, 11) is 0. The second kappa shape index (κ2) is 4.77. The zero-order chi connectivity index (χ0) is 16.2. The van der Waals surface area contributed by atoms with Crippen LogP contribution >= 0.6 is 11.9 Å². The first-order valence-corrected chi connectivity index (χ1v) is 8.02. The Morgan fingerprint density at radius 1 is 1.30 bits per heavy atom. The highest BCUT2D eigenvalue weighted by Gasteiger charge is 2.37. The minimum atomic E-state index is -4.33. The van der Waals surface area contributed by atoms with Gasteiger partial charge in [0, 0.05) is 22.1 Å². The molecule has 1 atom stereocenters. The van der Waals surface area contributed by atoms with Gasteiger partial charge in [-0.25, -0.2) is 0 Å². The molecule has 2 nitrogen and oxygen atoms in total. The number of rotatable bonds is 0. The van der Waals surface area contributed by atoms with Crippen molar-refractivity contribution in [2.75, 3.05) is 0 Å². The first-order chi connectivity index (χ1) is 10.9. The Bertz CT molecular complexity index is 818. The van der Waals surface area contributed by atoms with Crippen molar-refractivity contribution in [1.82, 2.24) is 4.72 Å². The number of benzene rings is 1. The maximum absolute atomic E-state index is 12.9. The molecular weight excluding hydrogens is 321 g/mol. The molecule has 118 valence electrons. The molecular formula is C17H13F3N2S. The van der Waals surface area contributed by atoms with Crippen LogP contribution in [-0.4, -0.2) is 6.21 Å². The fraction of sp³-hybridized carbons (Fsp3) is 0.235. The Morgan fingerprint density at radius 2 is 2.13 bits per heavy atom. The minimum absolute atomic E-state index is 0.162. The number of nitrogens with zero attached hydrogens (tertiary/aromatic N) is 1. The molecule has 0 amide bonds. The van der Waals surface area contributed by atoms with Gasteiger partial charge < -0.3 is 4.72 Å². The van der Waals surface area contributed by atoms with E-state index in [1.54, 1.807) is 12.3 Å². The molecule has 1 unspecified atom stereocenters. The minimum Gasteiger partial charge on any atom is -0.323 e. The SMILES string of the molecule is CC12C=CC=NC1=C1NSc3cc(C(F)(F)F)ccc3C1=CC2. The smallest absolute Gasteiger partial charge is 0.323 e. The Balaban J connectivity index is 1.83. The van der Waals surface area contributed by atoms with Gasteiger partial charge in [0.1, 0.15) is 0 Å². The van der Waals surface area contributed by atoms with Crippen LogP contribution in [0.4, 0.5) is 13.2 Å². The molecule has 6 heteroatoms. The Labute approximate surface area is 136 Å². The third-order valence-corrected chi connectivity index (χ3v) is 5.26. The molecule has 23 heavy (non-hydrogen) atoms. The van der Waals surface area contributed by atoms with Crippen LogP contribution in [0.3, 0.4) is 0 Å². The number of halogens is 3. The highest BCUT2D eigenvalue weighted by molar-refractivity contribution is 7.97. The lowest BCUT2D eigenvalue weighted by atomic mass is 9.75. The highest BCUT2D eigenvalue weighted by Crippen LogP contribution is 2.49. The number of alkyl halides is 3. The standard InChI is InChI=1S/C17H13F3N2S/c1-16-6-2-8-21-15(16)14-12(5-7-16)11-4-3-10(17(18,19)20)9-13(11)23-22-14/h2-6,8-9,22H,7H2,1H3. The van der Waals surface area contributed by atoms with Gasteiger partial charge in [0.2, 0.25) is 0 Å². The summed E-state index contributed by atoms with van der Waals surface area (Å²) in [5, 5.41) is 0. The zero-order valence-corrected chi connectivity index (χ0v) is 13.1. The summed E-state index contributed by atoms with van der Waals surface area (Å²) >= 11 is 1.21. The second-order valence-corrected chi connectivity index (χ2v) is 6.86. The molecule has 1 N–H and O–H groups in total. The summed E-state index contributed by atoms with van der Waals surface area (Å²) < 4.78 is 41.8. The molecule has 0 bridgehead atoms. The van der Waals surface area contributed by atoms with Crippen molar-refractivity contribution in [3.05, 3.63) is 58.9 Å². The van der Waals surface area contributed by atoms with Crippen molar-refractivity contribution >= 4 is 23.7 Å².